The Hall–Kier alpha value is -1.80. The largest absolute Gasteiger partial charge is 0.415 e. The zero-order valence-electron chi connectivity index (χ0n) is 15.6. The van der Waals surface area contributed by atoms with Gasteiger partial charge in [-0.1, -0.05) is 18.1 Å². The van der Waals surface area contributed by atoms with Crippen molar-refractivity contribution in [2.45, 2.75) is 57.2 Å². The molecular weight excluding hydrogens is 375 g/mol. The molecular formula is C20H24F3NO4. The van der Waals surface area contributed by atoms with Crippen molar-refractivity contribution in [2.24, 2.45) is 22.4 Å². The van der Waals surface area contributed by atoms with Gasteiger partial charge in [-0.05, 0) is 73.0 Å². The minimum Gasteiger partial charge on any atom is -0.411 e. The Kier molecular flexibility index (Phi) is 4.82. The molecule has 3 aliphatic rings. The summed E-state index contributed by atoms with van der Waals surface area (Å²) >= 11 is 0. The Bertz CT molecular complexity index is 781. The summed E-state index contributed by atoms with van der Waals surface area (Å²) in [5, 5.41) is 23.5. The first kappa shape index (κ1) is 19.5. The lowest BCUT2D eigenvalue weighted by molar-refractivity contribution is -0.282. The maximum atomic E-state index is 12.2. The quantitative estimate of drug-likeness (QED) is 0.449. The van der Waals surface area contributed by atoms with Gasteiger partial charge in [0.1, 0.15) is 0 Å². The van der Waals surface area contributed by atoms with Gasteiger partial charge in [-0.15, -0.1) is 0 Å². The number of aliphatic hydroxyl groups excluding tert-OH is 1. The monoisotopic (exact) mass is 399 g/mol. The van der Waals surface area contributed by atoms with E-state index in [1.54, 1.807) is 12.1 Å². The van der Waals surface area contributed by atoms with Crippen LogP contribution in [0.2, 0.25) is 0 Å². The van der Waals surface area contributed by atoms with Crippen LogP contribution in [-0.2, 0) is 4.89 Å². The standard InChI is InChI=1S/C20H24F3NO4/c1-19-7-6-13-12-3-2-11(28-27-10-20(21,22)23)8-15(12)17(24-26)9-14(13)16(19)4-5-18(19)25/h2-3,8,13-14,16,18,25-26H,4-7,9-10H2,1H3/t13-,14-,16+,18+,19+/m1/s1. The first-order valence-corrected chi connectivity index (χ1v) is 9.62. The van der Waals surface area contributed by atoms with E-state index in [-0.39, 0.29) is 29.1 Å². The van der Waals surface area contributed by atoms with Crippen LogP contribution in [0, 0.1) is 17.3 Å². The van der Waals surface area contributed by atoms with Crippen LogP contribution in [0.1, 0.15) is 56.1 Å². The van der Waals surface area contributed by atoms with Gasteiger partial charge in [0.2, 0.25) is 0 Å². The maximum Gasteiger partial charge on any atom is 0.415 e. The number of hydrogen-bond donors (Lipinski definition) is 2. The Morgan fingerprint density at radius 3 is 2.75 bits per heavy atom. The predicted molar refractivity (Wildman–Crippen MR) is 94.3 cm³/mol. The van der Waals surface area contributed by atoms with Crippen LogP contribution >= 0.6 is 0 Å². The third kappa shape index (κ3) is 3.26. The highest BCUT2D eigenvalue weighted by Gasteiger charge is 2.55. The molecule has 154 valence electrons. The highest BCUT2D eigenvalue weighted by molar-refractivity contribution is 6.03. The van der Waals surface area contributed by atoms with E-state index in [0.29, 0.717) is 23.6 Å². The van der Waals surface area contributed by atoms with E-state index in [4.69, 9.17) is 4.89 Å². The van der Waals surface area contributed by atoms with Gasteiger partial charge in [0, 0.05) is 5.56 Å². The second-order valence-electron chi connectivity index (χ2n) is 8.48. The minimum atomic E-state index is -4.47. The van der Waals surface area contributed by atoms with E-state index < -0.39 is 12.8 Å². The van der Waals surface area contributed by atoms with Crippen molar-refractivity contribution in [2.75, 3.05) is 6.61 Å². The van der Waals surface area contributed by atoms with Crippen LogP contribution in [0.25, 0.3) is 0 Å². The van der Waals surface area contributed by atoms with Crippen molar-refractivity contribution in [3.63, 3.8) is 0 Å². The number of oxime groups is 1. The Morgan fingerprint density at radius 2 is 2.04 bits per heavy atom. The molecule has 5 nitrogen and oxygen atoms in total. The normalized spacial score (nSPS) is 36.0. The highest BCUT2D eigenvalue weighted by atomic mass is 19.4. The van der Waals surface area contributed by atoms with Crippen molar-refractivity contribution in [3.8, 4) is 5.75 Å². The molecule has 4 rings (SSSR count). The molecule has 0 bridgehead atoms. The van der Waals surface area contributed by atoms with Crippen LogP contribution in [0.15, 0.2) is 23.4 Å². The molecule has 5 atom stereocenters. The van der Waals surface area contributed by atoms with Gasteiger partial charge in [0.25, 0.3) is 0 Å². The fourth-order valence-electron chi connectivity index (χ4n) is 5.68. The van der Waals surface area contributed by atoms with Crippen molar-refractivity contribution < 1.29 is 33.3 Å². The van der Waals surface area contributed by atoms with Crippen LogP contribution in [0.5, 0.6) is 5.75 Å². The average molecular weight is 399 g/mol. The summed E-state index contributed by atoms with van der Waals surface area (Å²) in [6.07, 6.45) is -0.585. The number of nitrogens with zero attached hydrogens (tertiary/aromatic N) is 1. The number of alkyl halides is 3. The third-order valence-electron chi connectivity index (χ3n) is 7.05. The number of rotatable bonds is 3. The third-order valence-corrected chi connectivity index (χ3v) is 7.05. The van der Waals surface area contributed by atoms with Crippen molar-refractivity contribution in [1.29, 1.82) is 0 Å². The van der Waals surface area contributed by atoms with Gasteiger partial charge >= 0.3 is 6.18 Å². The van der Waals surface area contributed by atoms with Gasteiger partial charge in [0.05, 0.1) is 11.8 Å². The van der Waals surface area contributed by atoms with E-state index in [0.717, 1.165) is 31.2 Å². The SMILES string of the molecule is C[C@]12CC[C@@H]3c4ccc(OOCC(F)(F)F)cc4C(=NO)C[C@H]3[C@@H]1CC[C@@H]2O. The number of hydrogen-bond acceptors (Lipinski definition) is 5. The Balaban J connectivity index is 1.59. The van der Waals surface area contributed by atoms with Crippen molar-refractivity contribution in [1.82, 2.24) is 0 Å². The number of benzene rings is 1. The van der Waals surface area contributed by atoms with Crippen molar-refractivity contribution >= 4 is 5.71 Å². The van der Waals surface area contributed by atoms with Crippen LogP contribution < -0.4 is 4.89 Å². The summed E-state index contributed by atoms with van der Waals surface area (Å²) in [6, 6.07) is 5.00. The van der Waals surface area contributed by atoms with E-state index >= 15 is 0 Å². The molecule has 3 aliphatic carbocycles. The lowest BCUT2D eigenvalue weighted by atomic mass is 9.55. The molecule has 2 N–H and O–H groups in total. The van der Waals surface area contributed by atoms with Crippen LogP contribution in [0.3, 0.4) is 0 Å². The highest BCUT2D eigenvalue weighted by Crippen LogP contribution is 2.61. The topological polar surface area (TPSA) is 71.3 Å². The van der Waals surface area contributed by atoms with E-state index in [1.807, 2.05) is 6.07 Å². The van der Waals surface area contributed by atoms with E-state index in [1.165, 1.54) is 0 Å². The van der Waals surface area contributed by atoms with Gasteiger partial charge < -0.3 is 15.2 Å². The van der Waals surface area contributed by atoms with Gasteiger partial charge in [-0.2, -0.15) is 18.1 Å². The molecule has 1 aromatic rings. The first-order valence-electron chi connectivity index (χ1n) is 9.62. The molecule has 0 heterocycles. The van der Waals surface area contributed by atoms with Gasteiger partial charge in [-0.25, -0.2) is 0 Å². The second-order valence-corrected chi connectivity index (χ2v) is 8.48. The molecule has 0 spiro atoms. The molecule has 0 aliphatic heterocycles. The Morgan fingerprint density at radius 1 is 1.25 bits per heavy atom. The molecule has 1 aromatic carbocycles. The molecule has 28 heavy (non-hydrogen) atoms. The summed E-state index contributed by atoms with van der Waals surface area (Å²) < 4.78 is 36.7. The summed E-state index contributed by atoms with van der Waals surface area (Å²) in [5.41, 5.74) is 2.12. The molecule has 0 unspecified atom stereocenters. The lowest BCUT2D eigenvalue weighted by Gasteiger charge is -2.50. The zero-order chi connectivity index (χ0) is 20.1. The maximum absolute atomic E-state index is 12.2. The predicted octanol–water partition coefficient (Wildman–Crippen LogP) is 4.41. The molecule has 0 radical (unpaired) electrons. The van der Waals surface area contributed by atoms with Crippen LogP contribution in [-0.4, -0.2) is 34.9 Å². The molecule has 2 saturated carbocycles. The summed E-state index contributed by atoms with van der Waals surface area (Å²) in [7, 11) is 0. The molecule has 0 amide bonds. The summed E-state index contributed by atoms with van der Waals surface area (Å²) in [6.45, 7) is 0.657. The van der Waals surface area contributed by atoms with E-state index in [2.05, 4.69) is 17.0 Å². The fourth-order valence-corrected chi connectivity index (χ4v) is 5.68. The Labute approximate surface area is 161 Å². The van der Waals surface area contributed by atoms with Gasteiger partial charge in [-0.3, -0.25) is 0 Å². The lowest BCUT2D eigenvalue weighted by Crippen LogP contribution is -2.45. The van der Waals surface area contributed by atoms with E-state index in [9.17, 15) is 23.5 Å². The zero-order valence-corrected chi connectivity index (χ0v) is 15.6. The fraction of sp³-hybridized carbons (Fsp3) is 0.650. The molecule has 2 fully saturated rings. The molecule has 8 heteroatoms. The summed E-state index contributed by atoms with van der Waals surface area (Å²) in [4.78, 5) is 9.06. The first-order chi connectivity index (χ1) is 13.2. The van der Waals surface area contributed by atoms with Crippen LogP contribution in [0.4, 0.5) is 13.2 Å². The summed E-state index contributed by atoms with van der Waals surface area (Å²) in [5.74, 6) is 1.05. The second kappa shape index (κ2) is 6.91. The smallest absolute Gasteiger partial charge is 0.411 e. The number of halogens is 3. The molecule has 0 saturated heterocycles. The number of aliphatic hydroxyl groups is 1. The van der Waals surface area contributed by atoms with Crippen molar-refractivity contribution in [3.05, 3.63) is 29.3 Å². The average Bonchev–Trinajstić information content (AvgIpc) is 2.95. The molecule has 0 aromatic heterocycles. The number of fused-ring (bicyclic) bond motifs is 5. The van der Waals surface area contributed by atoms with Gasteiger partial charge in [0.15, 0.2) is 12.4 Å². The minimum absolute atomic E-state index is 0.103.